The molecule has 3 N–H and O–H groups in total. The molecule has 0 aromatic carbocycles. The number of alkyl halides is 2. The SMILES string of the molecule is Cc1[nH][nH]c(=O)c1NC(=O)C1CN(CC(F)F)C1. The lowest BCUT2D eigenvalue weighted by molar-refractivity contribution is -0.125. The normalized spacial score (nSPS) is 16.9. The minimum atomic E-state index is -2.39. The molecule has 18 heavy (non-hydrogen) atoms. The van der Waals surface area contributed by atoms with Crippen LogP contribution in [0.1, 0.15) is 5.69 Å². The third-order valence-corrected chi connectivity index (χ3v) is 2.94. The average Bonchev–Trinajstić information content (AvgIpc) is 2.54. The van der Waals surface area contributed by atoms with E-state index in [1.165, 1.54) is 4.90 Å². The van der Waals surface area contributed by atoms with Gasteiger partial charge in [-0.2, -0.15) is 0 Å². The van der Waals surface area contributed by atoms with Gasteiger partial charge in [-0.05, 0) is 6.92 Å². The maximum absolute atomic E-state index is 12.1. The summed E-state index contributed by atoms with van der Waals surface area (Å²) in [6.45, 7) is 1.94. The maximum atomic E-state index is 12.1. The Balaban J connectivity index is 1.86. The Labute approximate surface area is 101 Å². The molecule has 0 bridgehead atoms. The van der Waals surface area contributed by atoms with E-state index >= 15 is 0 Å². The zero-order valence-corrected chi connectivity index (χ0v) is 9.80. The average molecular weight is 260 g/mol. The van der Waals surface area contributed by atoms with E-state index in [1.54, 1.807) is 6.92 Å². The van der Waals surface area contributed by atoms with Gasteiger partial charge >= 0.3 is 0 Å². The second-order valence-corrected chi connectivity index (χ2v) is 4.37. The number of aromatic nitrogens is 2. The van der Waals surface area contributed by atoms with Gasteiger partial charge in [0.25, 0.3) is 12.0 Å². The molecule has 1 aliphatic heterocycles. The third-order valence-electron chi connectivity index (χ3n) is 2.94. The molecule has 0 saturated carbocycles. The number of amides is 1. The Morgan fingerprint density at radius 1 is 1.50 bits per heavy atom. The van der Waals surface area contributed by atoms with Crippen molar-refractivity contribution in [1.29, 1.82) is 0 Å². The van der Waals surface area contributed by atoms with Gasteiger partial charge in [0.2, 0.25) is 5.91 Å². The van der Waals surface area contributed by atoms with Crippen molar-refractivity contribution in [2.75, 3.05) is 25.0 Å². The summed E-state index contributed by atoms with van der Waals surface area (Å²) in [6.07, 6.45) is -2.39. The topological polar surface area (TPSA) is 81.0 Å². The molecule has 100 valence electrons. The van der Waals surface area contributed by atoms with Crippen molar-refractivity contribution in [1.82, 2.24) is 15.1 Å². The lowest BCUT2D eigenvalue weighted by atomic mass is 9.99. The number of nitrogens with one attached hydrogen (secondary N) is 3. The number of nitrogens with zero attached hydrogens (tertiary/aromatic N) is 1. The van der Waals surface area contributed by atoms with Crippen LogP contribution in [-0.2, 0) is 4.79 Å². The summed E-state index contributed by atoms with van der Waals surface area (Å²) in [5.74, 6) is -0.647. The molecule has 0 spiro atoms. The Hall–Kier alpha value is -1.70. The van der Waals surface area contributed by atoms with E-state index in [9.17, 15) is 18.4 Å². The van der Waals surface area contributed by atoms with Crippen molar-refractivity contribution in [3.63, 3.8) is 0 Å². The second kappa shape index (κ2) is 4.89. The Morgan fingerprint density at radius 2 is 2.17 bits per heavy atom. The summed E-state index contributed by atoms with van der Waals surface area (Å²) in [5, 5.41) is 7.44. The number of H-pyrrole nitrogens is 2. The fraction of sp³-hybridized carbons (Fsp3) is 0.600. The molecule has 0 unspecified atom stereocenters. The molecule has 1 saturated heterocycles. The first-order valence-electron chi connectivity index (χ1n) is 5.56. The van der Waals surface area contributed by atoms with Crippen LogP contribution >= 0.6 is 0 Å². The molecule has 1 fully saturated rings. The van der Waals surface area contributed by atoms with Crippen LogP contribution in [0, 0.1) is 12.8 Å². The van der Waals surface area contributed by atoms with Gasteiger partial charge in [-0.3, -0.25) is 19.6 Å². The molecule has 0 aliphatic carbocycles. The van der Waals surface area contributed by atoms with E-state index in [1.807, 2.05) is 0 Å². The van der Waals surface area contributed by atoms with Gasteiger partial charge in [0, 0.05) is 13.1 Å². The van der Waals surface area contributed by atoms with Crippen LogP contribution < -0.4 is 10.9 Å². The summed E-state index contributed by atoms with van der Waals surface area (Å²) in [4.78, 5) is 24.5. The smallest absolute Gasteiger partial charge is 0.287 e. The van der Waals surface area contributed by atoms with E-state index in [4.69, 9.17) is 0 Å². The molecule has 8 heteroatoms. The molecular weight excluding hydrogens is 246 g/mol. The van der Waals surface area contributed by atoms with E-state index < -0.39 is 12.0 Å². The highest BCUT2D eigenvalue weighted by Gasteiger charge is 2.34. The number of carbonyl (C=O) groups is 1. The van der Waals surface area contributed by atoms with Gasteiger partial charge in [-0.25, -0.2) is 8.78 Å². The second-order valence-electron chi connectivity index (χ2n) is 4.37. The fourth-order valence-electron chi connectivity index (χ4n) is 1.90. The highest BCUT2D eigenvalue weighted by Crippen LogP contribution is 2.18. The Bertz CT molecular complexity index is 490. The van der Waals surface area contributed by atoms with Gasteiger partial charge in [0.15, 0.2) is 0 Å². The Kier molecular flexibility index (Phi) is 3.46. The maximum Gasteiger partial charge on any atom is 0.287 e. The zero-order chi connectivity index (χ0) is 13.3. The van der Waals surface area contributed by atoms with E-state index in [-0.39, 0.29) is 24.1 Å². The van der Waals surface area contributed by atoms with Crippen LogP contribution in [-0.4, -0.2) is 47.1 Å². The number of aromatic amines is 2. The van der Waals surface area contributed by atoms with Gasteiger partial charge in [0.1, 0.15) is 5.69 Å². The van der Waals surface area contributed by atoms with Gasteiger partial charge in [-0.1, -0.05) is 0 Å². The number of rotatable bonds is 4. The van der Waals surface area contributed by atoms with Crippen LogP contribution in [0.5, 0.6) is 0 Å². The number of likely N-dealkylation sites (tertiary alicyclic amines) is 1. The van der Waals surface area contributed by atoms with Crippen molar-refractivity contribution >= 4 is 11.6 Å². The van der Waals surface area contributed by atoms with Crippen molar-refractivity contribution in [2.24, 2.45) is 5.92 Å². The molecular formula is C10H14F2N4O2. The summed E-state index contributed by atoms with van der Waals surface area (Å²) in [5.41, 5.74) is 0.328. The van der Waals surface area contributed by atoms with Gasteiger partial charge in [-0.15, -0.1) is 0 Å². The Morgan fingerprint density at radius 3 is 2.67 bits per heavy atom. The molecule has 1 aromatic rings. The van der Waals surface area contributed by atoms with E-state index in [2.05, 4.69) is 15.5 Å². The van der Waals surface area contributed by atoms with Crippen LogP contribution in [0.25, 0.3) is 0 Å². The van der Waals surface area contributed by atoms with Gasteiger partial charge in [0.05, 0.1) is 18.2 Å². The van der Waals surface area contributed by atoms with Crippen LogP contribution in [0.2, 0.25) is 0 Å². The first-order valence-corrected chi connectivity index (χ1v) is 5.56. The quantitative estimate of drug-likeness (QED) is 0.720. The highest BCUT2D eigenvalue weighted by atomic mass is 19.3. The van der Waals surface area contributed by atoms with E-state index in [0.717, 1.165) is 0 Å². The van der Waals surface area contributed by atoms with Crippen molar-refractivity contribution < 1.29 is 13.6 Å². The van der Waals surface area contributed by atoms with Gasteiger partial charge < -0.3 is 10.4 Å². The summed E-state index contributed by atoms with van der Waals surface area (Å²) >= 11 is 0. The first kappa shape index (κ1) is 12.7. The first-order chi connectivity index (χ1) is 8.47. The number of hydrogen-bond donors (Lipinski definition) is 3. The molecule has 2 heterocycles. The lowest BCUT2D eigenvalue weighted by Gasteiger charge is -2.37. The monoisotopic (exact) mass is 260 g/mol. The van der Waals surface area contributed by atoms with Crippen molar-refractivity contribution in [3.8, 4) is 0 Å². The predicted octanol–water partition coefficient (Wildman–Crippen LogP) is 0.147. The minimum absolute atomic E-state index is 0.187. The summed E-state index contributed by atoms with van der Waals surface area (Å²) < 4.78 is 24.1. The number of halogens is 2. The van der Waals surface area contributed by atoms with E-state index in [0.29, 0.717) is 18.8 Å². The van der Waals surface area contributed by atoms with Crippen molar-refractivity contribution in [2.45, 2.75) is 13.3 Å². The predicted molar refractivity (Wildman–Crippen MR) is 60.7 cm³/mol. The van der Waals surface area contributed by atoms with Crippen molar-refractivity contribution in [3.05, 3.63) is 16.0 Å². The molecule has 1 aromatic heterocycles. The molecule has 1 aliphatic rings. The summed E-state index contributed by atoms with van der Waals surface area (Å²) in [7, 11) is 0. The highest BCUT2D eigenvalue weighted by molar-refractivity contribution is 5.93. The number of hydrogen-bond acceptors (Lipinski definition) is 3. The molecule has 6 nitrogen and oxygen atoms in total. The van der Waals surface area contributed by atoms with Crippen LogP contribution in [0.15, 0.2) is 4.79 Å². The zero-order valence-electron chi connectivity index (χ0n) is 9.80. The fourth-order valence-corrected chi connectivity index (χ4v) is 1.90. The number of anilines is 1. The van der Waals surface area contributed by atoms with Crippen LogP contribution in [0.3, 0.4) is 0 Å². The standard InChI is InChI=1S/C10H14F2N4O2/c1-5-8(10(18)15-14-5)13-9(17)6-2-16(3-6)4-7(11)12/h6-7H,2-4H2,1H3,(H,13,17)(H2,14,15,18). The largest absolute Gasteiger partial charge is 0.320 e. The lowest BCUT2D eigenvalue weighted by Crippen LogP contribution is -2.53. The molecule has 1 amide bonds. The molecule has 2 rings (SSSR count). The number of aryl methyl sites for hydroxylation is 1. The minimum Gasteiger partial charge on any atom is -0.320 e. The third kappa shape index (κ3) is 2.58. The number of carbonyl (C=O) groups excluding carboxylic acids is 1. The molecule has 0 radical (unpaired) electrons. The summed E-state index contributed by atoms with van der Waals surface area (Å²) in [6, 6.07) is 0. The molecule has 0 atom stereocenters. The van der Waals surface area contributed by atoms with Crippen LogP contribution in [0.4, 0.5) is 14.5 Å².